The normalized spacial score (nSPS) is 25.4. The first-order chi connectivity index (χ1) is 17.1. The van der Waals surface area contributed by atoms with Gasteiger partial charge in [-0.1, -0.05) is 19.1 Å². The highest BCUT2D eigenvalue weighted by atomic mass is 19.1. The van der Waals surface area contributed by atoms with Crippen molar-refractivity contribution >= 4 is 12.0 Å². The quantitative estimate of drug-likeness (QED) is 0.630. The van der Waals surface area contributed by atoms with Gasteiger partial charge in [0.1, 0.15) is 23.5 Å². The van der Waals surface area contributed by atoms with E-state index in [1.54, 1.807) is 37.8 Å². The molecule has 196 valence electrons. The number of ether oxygens (including phenoxy) is 1. The molecule has 0 aromatic heterocycles. The van der Waals surface area contributed by atoms with Crippen LogP contribution in [0.2, 0.25) is 0 Å². The highest BCUT2D eigenvalue weighted by Gasteiger charge is 2.52. The van der Waals surface area contributed by atoms with E-state index in [4.69, 9.17) is 4.74 Å². The average molecular weight is 499 g/mol. The number of halogens is 1. The van der Waals surface area contributed by atoms with Crippen molar-refractivity contribution in [2.45, 2.75) is 95.9 Å². The zero-order valence-electron chi connectivity index (χ0n) is 21.9. The van der Waals surface area contributed by atoms with E-state index in [0.29, 0.717) is 11.5 Å². The number of carbonyl (C=O) groups excluding carboxylic acids is 2. The Bertz CT molecular complexity index is 1010. The summed E-state index contributed by atoms with van der Waals surface area (Å²) in [7, 11) is 0. The molecule has 3 fully saturated rings. The van der Waals surface area contributed by atoms with Crippen LogP contribution in [0.5, 0.6) is 0 Å². The molecule has 8 heteroatoms. The largest absolute Gasteiger partial charge is 0.444 e. The second kappa shape index (κ2) is 10.8. The number of fused-ring (bicyclic) bond motifs is 2. The highest BCUT2D eigenvalue weighted by Crippen LogP contribution is 2.43. The van der Waals surface area contributed by atoms with Crippen molar-refractivity contribution in [3.63, 3.8) is 0 Å². The first-order valence-electron chi connectivity index (χ1n) is 13.3. The van der Waals surface area contributed by atoms with Gasteiger partial charge in [0.15, 0.2) is 0 Å². The van der Waals surface area contributed by atoms with Gasteiger partial charge in [0.2, 0.25) is 5.91 Å². The van der Waals surface area contributed by atoms with Crippen molar-refractivity contribution in [1.29, 1.82) is 5.26 Å². The third-order valence-corrected chi connectivity index (χ3v) is 7.94. The lowest BCUT2D eigenvalue weighted by Crippen LogP contribution is -2.55. The molecule has 0 radical (unpaired) electrons. The Hall–Kier alpha value is -2.66. The minimum absolute atomic E-state index is 0.0182. The average Bonchev–Trinajstić information content (AvgIpc) is 3.45. The number of carbonyl (C=O) groups is 2. The number of benzene rings is 1. The Kier molecular flexibility index (Phi) is 7.89. The van der Waals surface area contributed by atoms with E-state index in [2.05, 4.69) is 23.2 Å². The number of rotatable bonds is 6. The number of piperidine rings is 2. The van der Waals surface area contributed by atoms with E-state index in [9.17, 15) is 14.9 Å². The summed E-state index contributed by atoms with van der Waals surface area (Å²) in [6, 6.07) is 5.85. The van der Waals surface area contributed by atoms with Crippen LogP contribution in [0.3, 0.4) is 0 Å². The molecule has 0 spiro atoms. The van der Waals surface area contributed by atoms with Crippen molar-refractivity contribution in [3.05, 3.63) is 35.1 Å². The van der Waals surface area contributed by atoms with Crippen molar-refractivity contribution in [2.75, 3.05) is 19.6 Å². The molecule has 1 aromatic rings. The van der Waals surface area contributed by atoms with E-state index in [-0.39, 0.29) is 30.1 Å². The van der Waals surface area contributed by atoms with E-state index in [1.807, 2.05) is 6.07 Å². The van der Waals surface area contributed by atoms with Gasteiger partial charge in [0.25, 0.3) is 0 Å². The minimum Gasteiger partial charge on any atom is -0.444 e. The minimum atomic E-state index is -0.884. The van der Waals surface area contributed by atoms with Crippen LogP contribution in [0, 0.1) is 23.1 Å². The number of nitrogens with zero attached hydrogens (tertiary/aromatic N) is 3. The zero-order valence-corrected chi connectivity index (χ0v) is 21.9. The summed E-state index contributed by atoms with van der Waals surface area (Å²) < 4.78 is 20.6. The standard InChI is InChI=1S/C28H39FN4O3/c1-5-32-12-10-18(11-13-32)19-6-7-20(24(29)16-19)14-22(17-30)31-26(34)25-21-8-9-23(15-21)33(25)27(35)36-28(2,3)4/h6-7,16,18,21-23,25H,5,8-15H2,1-4H3,(H,31,34). The van der Waals surface area contributed by atoms with Gasteiger partial charge in [0, 0.05) is 12.5 Å². The van der Waals surface area contributed by atoms with Crippen LogP contribution in [0.4, 0.5) is 9.18 Å². The monoisotopic (exact) mass is 498 g/mol. The molecule has 2 aliphatic heterocycles. The van der Waals surface area contributed by atoms with Gasteiger partial charge >= 0.3 is 6.09 Å². The predicted molar refractivity (Wildman–Crippen MR) is 135 cm³/mol. The number of hydrogen-bond acceptors (Lipinski definition) is 5. The summed E-state index contributed by atoms with van der Waals surface area (Å²) in [5.74, 6) is -0.300. The molecule has 1 aromatic carbocycles. The van der Waals surface area contributed by atoms with Crippen molar-refractivity contribution < 1.29 is 18.7 Å². The third-order valence-electron chi connectivity index (χ3n) is 7.94. The summed E-state index contributed by atoms with van der Waals surface area (Å²) in [5.41, 5.74) is 0.749. The molecule has 2 bridgehead atoms. The summed E-state index contributed by atoms with van der Waals surface area (Å²) in [6.07, 6.45) is 4.10. The first-order valence-corrected chi connectivity index (χ1v) is 13.3. The lowest BCUT2D eigenvalue weighted by atomic mass is 9.88. The summed E-state index contributed by atoms with van der Waals surface area (Å²) in [5, 5.41) is 12.5. The van der Waals surface area contributed by atoms with E-state index < -0.39 is 23.8 Å². The molecular weight excluding hydrogens is 459 g/mol. The van der Waals surface area contributed by atoms with Gasteiger partial charge < -0.3 is 15.0 Å². The van der Waals surface area contributed by atoms with Crippen LogP contribution in [-0.2, 0) is 16.0 Å². The first kappa shape index (κ1) is 26.4. The van der Waals surface area contributed by atoms with Gasteiger partial charge in [-0.25, -0.2) is 9.18 Å². The fourth-order valence-corrected chi connectivity index (χ4v) is 6.07. The van der Waals surface area contributed by atoms with E-state index in [1.165, 1.54) is 0 Å². The van der Waals surface area contributed by atoms with Crippen LogP contribution in [0.1, 0.15) is 76.8 Å². The fourth-order valence-electron chi connectivity index (χ4n) is 6.07. The molecule has 1 saturated carbocycles. The second-order valence-corrected chi connectivity index (χ2v) is 11.5. The highest BCUT2D eigenvalue weighted by molar-refractivity contribution is 5.87. The lowest BCUT2D eigenvalue weighted by molar-refractivity contribution is -0.128. The molecule has 4 unspecified atom stereocenters. The lowest BCUT2D eigenvalue weighted by Gasteiger charge is -2.35. The topological polar surface area (TPSA) is 85.7 Å². The molecule has 2 amide bonds. The van der Waals surface area contributed by atoms with Gasteiger partial charge in [-0.15, -0.1) is 0 Å². The van der Waals surface area contributed by atoms with Gasteiger partial charge in [-0.2, -0.15) is 5.26 Å². The molecule has 1 N–H and O–H groups in total. The number of nitrogens with one attached hydrogen (secondary N) is 1. The molecule has 7 nitrogen and oxygen atoms in total. The predicted octanol–water partition coefficient (Wildman–Crippen LogP) is 4.36. The summed E-state index contributed by atoms with van der Waals surface area (Å²) >= 11 is 0. The van der Waals surface area contributed by atoms with E-state index in [0.717, 1.165) is 57.3 Å². The van der Waals surface area contributed by atoms with Crippen LogP contribution in [0.15, 0.2) is 18.2 Å². The molecule has 4 rings (SSSR count). The number of likely N-dealkylation sites (tertiary alicyclic amines) is 2. The number of amides is 2. The van der Waals surface area contributed by atoms with Crippen LogP contribution in [-0.4, -0.2) is 65.2 Å². The molecular formula is C28H39FN4O3. The summed E-state index contributed by atoms with van der Waals surface area (Å²) in [6.45, 7) is 10.6. The number of hydrogen-bond donors (Lipinski definition) is 1. The van der Waals surface area contributed by atoms with Crippen molar-refractivity contribution in [3.8, 4) is 6.07 Å². The van der Waals surface area contributed by atoms with Crippen LogP contribution >= 0.6 is 0 Å². The Labute approximate surface area is 214 Å². The third kappa shape index (κ3) is 5.83. The number of nitriles is 1. The maximum absolute atomic E-state index is 15.0. The Balaban J connectivity index is 1.40. The summed E-state index contributed by atoms with van der Waals surface area (Å²) in [4.78, 5) is 30.1. The van der Waals surface area contributed by atoms with Crippen molar-refractivity contribution in [2.24, 2.45) is 5.92 Å². The maximum Gasteiger partial charge on any atom is 0.411 e. The maximum atomic E-state index is 15.0. The molecule has 3 aliphatic rings. The van der Waals surface area contributed by atoms with Crippen molar-refractivity contribution in [1.82, 2.24) is 15.1 Å². The van der Waals surface area contributed by atoms with E-state index >= 15 is 4.39 Å². The SMILES string of the molecule is CCN1CCC(c2ccc(CC(C#N)NC(=O)C3C4CCC(C4)N3C(=O)OC(C)(C)C)c(F)c2)CC1. The second-order valence-electron chi connectivity index (χ2n) is 11.5. The molecule has 2 saturated heterocycles. The van der Waals surface area contributed by atoms with Gasteiger partial charge in [0.05, 0.1) is 6.07 Å². The fraction of sp³-hybridized carbons (Fsp3) is 0.679. The Morgan fingerprint density at radius 2 is 1.94 bits per heavy atom. The van der Waals surface area contributed by atoms with Gasteiger partial charge in [-0.05, 0) is 102 Å². The Morgan fingerprint density at radius 1 is 1.22 bits per heavy atom. The Morgan fingerprint density at radius 3 is 2.56 bits per heavy atom. The molecule has 2 heterocycles. The van der Waals surface area contributed by atoms with Gasteiger partial charge in [-0.3, -0.25) is 9.69 Å². The zero-order chi connectivity index (χ0) is 26.0. The van der Waals surface area contributed by atoms with Crippen LogP contribution < -0.4 is 5.32 Å². The molecule has 4 atom stereocenters. The smallest absolute Gasteiger partial charge is 0.411 e. The molecule has 1 aliphatic carbocycles. The van der Waals surface area contributed by atoms with Crippen LogP contribution in [0.25, 0.3) is 0 Å². The molecule has 36 heavy (non-hydrogen) atoms.